The Bertz CT molecular complexity index is 1190. The number of ether oxygens (including phenoxy) is 2. The van der Waals surface area contributed by atoms with Gasteiger partial charge in [-0.05, 0) is 50.2 Å². The van der Waals surface area contributed by atoms with Crippen LogP contribution in [0.4, 0.5) is 5.69 Å². The summed E-state index contributed by atoms with van der Waals surface area (Å²) in [7, 11) is 3.02. The molecule has 0 aliphatic carbocycles. The molecule has 6 nitrogen and oxygen atoms in total. The Morgan fingerprint density at radius 2 is 1.53 bits per heavy atom. The van der Waals surface area contributed by atoms with E-state index < -0.39 is 11.3 Å². The van der Waals surface area contributed by atoms with E-state index in [1.807, 2.05) is 0 Å². The highest BCUT2D eigenvalue weighted by Crippen LogP contribution is 2.30. The Morgan fingerprint density at radius 3 is 2.17 bits per heavy atom. The number of amides is 1. The zero-order valence-corrected chi connectivity index (χ0v) is 18.4. The maximum atomic E-state index is 13.1. The van der Waals surface area contributed by atoms with E-state index in [1.54, 1.807) is 61.9 Å². The number of benzene rings is 2. The molecule has 2 aromatic carbocycles. The van der Waals surface area contributed by atoms with Gasteiger partial charge in [0.25, 0.3) is 5.91 Å². The molecule has 0 unspecified atom stereocenters. The van der Waals surface area contributed by atoms with Crippen molar-refractivity contribution in [2.45, 2.75) is 13.8 Å². The fraction of sp³-hybridized carbons (Fsp3) is 0.182. The topological polar surface area (TPSA) is 69.6 Å². The molecule has 8 heteroatoms. The monoisotopic (exact) mass is 446 g/mol. The van der Waals surface area contributed by atoms with Crippen LogP contribution < -0.4 is 20.2 Å². The summed E-state index contributed by atoms with van der Waals surface area (Å²) >= 11 is 12.2. The molecule has 1 heterocycles. The van der Waals surface area contributed by atoms with Crippen molar-refractivity contribution in [3.63, 3.8) is 0 Å². The van der Waals surface area contributed by atoms with Crippen LogP contribution in [0.3, 0.4) is 0 Å². The number of rotatable bonds is 5. The van der Waals surface area contributed by atoms with Crippen molar-refractivity contribution in [2.24, 2.45) is 0 Å². The fourth-order valence-electron chi connectivity index (χ4n) is 3.33. The van der Waals surface area contributed by atoms with Crippen LogP contribution in [0.1, 0.15) is 21.7 Å². The Morgan fingerprint density at radius 1 is 0.933 bits per heavy atom. The molecule has 3 rings (SSSR count). The molecular formula is C22H20Cl2N2O4. The van der Waals surface area contributed by atoms with Gasteiger partial charge in [0.2, 0.25) is 0 Å². The number of aryl methyl sites for hydroxylation is 1. The van der Waals surface area contributed by atoms with Gasteiger partial charge in [-0.2, -0.15) is 0 Å². The van der Waals surface area contributed by atoms with E-state index in [1.165, 1.54) is 13.2 Å². The van der Waals surface area contributed by atoms with Crippen LogP contribution in [0.25, 0.3) is 5.69 Å². The van der Waals surface area contributed by atoms with Crippen LogP contribution in [0, 0.1) is 13.8 Å². The van der Waals surface area contributed by atoms with E-state index in [0.717, 1.165) is 0 Å². The van der Waals surface area contributed by atoms with Gasteiger partial charge in [-0.15, -0.1) is 0 Å². The number of aromatic nitrogens is 1. The van der Waals surface area contributed by atoms with Crippen LogP contribution >= 0.6 is 23.2 Å². The summed E-state index contributed by atoms with van der Waals surface area (Å²) in [6, 6.07) is 11.4. The van der Waals surface area contributed by atoms with Gasteiger partial charge in [0.1, 0.15) is 17.1 Å². The minimum atomic E-state index is -0.576. The van der Waals surface area contributed by atoms with E-state index in [-0.39, 0.29) is 5.56 Å². The number of hydrogen-bond acceptors (Lipinski definition) is 4. The molecule has 0 bridgehead atoms. The lowest BCUT2D eigenvalue weighted by Gasteiger charge is -2.20. The second-order valence-electron chi connectivity index (χ2n) is 6.56. The molecule has 1 aromatic heterocycles. The highest BCUT2D eigenvalue weighted by atomic mass is 35.5. The van der Waals surface area contributed by atoms with Crippen molar-refractivity contribution in [3.05, 3.63) is 79.7 Å². The van der Waals surface area contributed by atoms with Crippen molar-refractivity contribution >= 4 is 34.8 Å². The minimum absolute atomic E-state index is 0.00958. The molecule has 0 aliphatic rings. The van der Waals surface area contributed by atoms with E-state index >= 15 is 0 Å². The first-order valence-electron chi connectivity index (χ1n) is 8.99. The fourth-order valence-corrected chi connectivity index (χ4v) is 3.67. The molecule has 3 aromatic rings. The molecule has 1 N–H and O–H groups in total. The summed E-state index contributed by atoms with van der Waals surface area (Å²) in [5, 5.41) is 3.64. The van der Waals surface area contributed by atoms with Crippen LogP contribution in [-0.4, -0.2) is 24.7 Å². The lowest BCUT2D eigenvalue weighted by Crippen LogP contribution is -2.26. The first-order chi connectivity index (χ1) is 14.3. The largest absolute Gasteiger partial charge is 0.495 e. The molecular weight excluding hydrogens is 427 g/mol. The number of anilines is 1. The number of nitrogens with zero attached hydrogens (tertiary/aromatic N) is 1. The maximum absolute atomic E-state index is 13.1. The number of carbonyl (C=O) groups excluding carboxylic acids is 1. The molecule has 0 saturated carbocycles. The smallest absolute Gasteiger partial charge is 0.261 e. The van der Waals surface area contributed by atoms with Gasteiger partial charge in [0.15, 0.2) is 5.43 Å². The number of hydrogen-bond donors (Lipinski definition) is 1. The predicted molar refractivity (Wildman–Crippen MR) is 119 cm³/mol. The first-order valence-corrected chi connectivity index (χ1v) is 9.74. The Balaban J connectivity index is 2.15. The van der Waals surface area contributed by atoms with Crippen molar-refractivity contribution in [3.8, 4) is 17.2 Å². The van der Waals surface area contributed by atoms with Crippen LogP contribution in [0.15, 0.2) is 47.3 Å². The first kappa shape index (κ1) is 21.7. The molecule has 0 aliphatic heterocycles. The number of carbonyl (C=O) groups is 1. The summed E-state index contributed by atoms with van der Waals surface area (Å²) in [6.45, 7) is 3.47. The van der Waals surface area contributed by atoms with E-state index in [9.17, 15) is 9.59 Å². The summed E-state index contributed by atoms with van der Waals surface area (Å²) in [6.07, 6.45) is 0. The van der Waals surface area contributed by atoms with Gasteiger partial charge in [0, 0.05) is 27.5 Å². The minimum Gasteiger partial charge on any atom is -0.495 e. The van der Waals surface area contributed by atoms with E-state index in [4.69, 9.17) is 32.7 Å². The van der Waals surface area contributed by atoms with Crippen molar-refractivity contribution in [1.82, 2.24) is 4.57 Å². The predicted octanol–water partition coefficient (Wildman–Crippen LogP) is 5.03. The van der Waals surface area contributed by atoms with E-state index in [2.05, 4.69) is 5.32 Å². The number of methoxy groups -OCH3 is 2. The average molecular weight is 447 g/mol. The summed E-state index contributed by atoms with van der Waals surface area (Å²) in [4.78, 5) is 25.8. The van der Waals surface area contributed by atoms with Gasteiger partial charge in [-0.3, -0.25) is 9.59 Å². The molecule has 30 heavy (non-hydrogen) atoms. The highest BCUT2D eigenvalue weighted by Gasteiger charge is 2.21. The Hall–Kier alpha value is -2.96. The van der Waals surface area contributed by atoms with Crippen LogP contribution in [0.2, 0.25) is 10.0 Å². The van der Waals surface area contributed by atoms with Crippen LogP contribution in [-0.2, 0) is 0 Å². The molecule has 0 radical (unpaired) electrons. The summed E-state index contributed by atoms with van der Waals surface area (Å²) in [5.74, 6) is 0.402. The molecule has 1 amide bonds. The third-order valence-corrected chi connectivity index (χ3v) is 5.13. The third-order valence-electron chi connectivity index (χ3n) is 4.65. The molecule has 0 spiro atoms. The van der Waals surface area contributed by atoms with Gasteiger partial charge in [0.05, 0.1) is 25.6 Å². The zero-order chi connectivity index (χ0) is 22.0. The second-order valence-corrected chi connectivity index (χ2v) is 7.43. The maximum Gasteiger partial charge on any atom is 0.261 e. The summed E-state index contributed by atoms with van der Waals surface area (Å²) in [5.41, 5.74) is 1.65. The molecule has 0 atom stereocenters. The van der Waals surface area contributed by atoms with Gasteiger partial charge in [-0.1, -0.05) is 23.2 Å². The van der Waals surface area contributed by atoms with Crippen molar-refractivity contribution in [2.75, 3.05) is 19.5 Å². The quantitative estimate of drug-likeness (QED) is 0.596. The second kappa shape index (κ2) is 8.81. The molecule has 156 valence electrons. The molecule has 0 saturated heterocycles. The lowest BCUT2D eigenvalue weighted by atomic mass is 10.1. The van der Waals surface area contributed by atoms with Gasteiger partial charge >= 0.3 is 0 Å². The van der Waals surface area contributed by atoms with Crippen molar-refractivity contribution in [1.29, 1.82) is 0 Å². The number of nitrogens with one attached hydrogen (secondary N) is 1. The Kier molecular flexibility index (Phi) is 6.39. The van der Waals surface area contributed by atoms with Crippen LogP contribution in [0.5, 0.6) is 11.5 Å². The normalized spacial score (nSPS) is 10.6. The lowest BCUT2D eigenvalue weighted by molar-refractivity contribution is 0.102. The zero-order valence-electron chi connectivity index (χ0n) is 16.9. The standard InChI is InChI=1S/C22H20Cl2N2O4/c1-12-9-18(27)21(22(28)25-16-10-14(23)5-7-19(16)29-3)13(2)26(12)17-11-15(24)6-8-20(17)30-4/h5-11H,1-4H3,(H,25,28). The SMILES string of the molecule is COc1ccc(Cl)cc1NC(=O)c1c(C)n(-c2cc(Cl)ccc2OC)c(C)cc1=O. The summed E-state index contributed by atoms with van der Waals surface area (Å²) < 4.78 is 12.5. The average Bonchev–Trinajstić information content (AvgIpc) is 2.68. The van der Waals surface area contributed by atoms with Gasteiger partial charge < -0.3 is 19.4 Å². The number of pyridine rings is 1. The third kappa shape index (κ3) is 4.15. The van der Waals surface area contributed by atoms with Crippen molar-refractivity contribution < 1.29 is 14.3 Å². The van der Waals surface area contributed by atoms with Gasteiger partial charge in [-0.25, -0.2) is 0 Å². The van der Waals surface area contributed by atoms with E-state index in [0.29, 0.717) is 44.3 Å². The molecule has 0 fully saturated rings. The Labute approximate surface area is 184 Å². The number of halogens is 2. The highest BCUT2D eigenvalue weighted by molar-refractivity contribution is 6.31.